The normalized spacial score (nSPS) is 16.4. The van der Waals surface area contributed by atoms with E-state index in [4.69, 9.17) is 14.2 Å². The molecule has 3 rings (SSSR count). The highest BCUT2D eigenvalue weighted by molar-refractivity contribution is 5.78. The topological polar surface area (TPSA) is 72.9 Å². The van der Waals surface area contributed by atoms with Crippen molar-refractivity contribution in [2.45, 2.75) is 26.0 Å². The Balaban J connectivity index is 1.43. The molecule has 0 saturated heterocycles. The molecule has 1 aliphatic rings. The van der Waals surface area contributed by atoms with E-state index in [1.807, 2.05) is 37.3 Å². The minimum absolute atomic E-state index is 0.00513. The lowest BCUT2D eigenvalue weighted by atomic mass is 10.2. The lowest BCUT2D eigenvalue weighted by Gasteiger charge is -2.21. The summed E-state index contributed by atoms with van der Waals surface area (Å²) < 4.78 is 16.8. The Morgan fingerprint density at radius 3 is 3.04 bits per heavy atom. The lowest BCUT2D eigenvalue weighted by molar-refractivity contribution is -0.122. The van der Waals surface area contributed by atoms with Gasteiger partial charge < -0.3 is 19.5 Å². The number of nitrogens with one attached hydrogen (secondary N) is 1. The molecule has 7 heteroatoms. The van der Waals surface area contributed by atoms with E-state index < -0.39 is 0 Å². The minimum Gasteiger partial charge on any atom is -0.497 e. The van der Waals surface area contributed by atoms with E-state index in [1.165, 1.54) is 0 Å². The van der Waals surface area contributed by atoms with Crippen molar-refractivity contribution in [3.05, 3.63) is 48.3 Å². The van der Waals surface area contributed by atoms with Gasteiger partial charge in [-0.3, -0.25) is 14.7 Å². The van der Waals surface area contributed by atoms with E-state index in [0.29, 0.717) is 32.8 Å². The molecule has 1 N–H and O–H groups in total. The Kier molecular flexibility index (Phi) is 7.08. The Bertz CT molecular complexity index is 770. The van der Waals surface area contributed by atoms with Crippen LogP contribution in [0.3, 0.4) is 0 Å². The number of pyridine rings is 1. The summed E-state index contributed by atoms with van der Waals surface area (Å²) in [5.74, 6) is 2.33. The molecular formula is C21H27N3O4. The number of ether oxygens (including phenoxy) is 3. The highest BCUT2D eigenvalue weighted by atomic mass is 16.5. The predicted molar refractivity (Wildman–Crippen MR) is 106 cm³/mol. The summed E-state index contributed by atoms with van der Waals surface area (Å²) >= 11 is 0. The Labute approximate surface area is 165 Å². The summed E-state index contributed by atoms with van der Waals surface area (Å²) in [5, 5.41) is 2.96. The number of hydrogen-bond acceptors (Lipinski definition) is 6. The van der Waals surface area contributed by atoms with Crippen LogP contribution in [0.5, 0.6) is 17.2 Å². The molecule has 0 saturated carbocycles. The molecule has 1 amide bonds. The monoisotopic (exact) mass is 385 g/mol. The number of nitrogens with zero attached hydrogens (tertiary/aromatic N) is 2. The van der Waals surface area contributed by atoms with Gasteiger partial charge >= 0.3 is 0 Å². The van der Waals surface area contributed by atoms with Gasteiger partial charge in [0.2, 0.25) is 5.91 Å². The second-order valence-electron chi connectivity index (χ2n) is 6.81. The van der Waals surface area contributed by atoms with Crippen molar-refractivity contribution in [2.75, 3.05) is 33.4 Å². The summed E-state index contributed by atoms with van der Waals surface area (Å²) in [5.41, 5.74) is 1.06. The second-order valence-corrected chi connectivity index (χ2v) is 6.81. The number of benzene rings is 1. The molecule has 0 bridgehead atoms. The molecule has 0 fully saturated rings. The minimum atomic E-state index is -0.00552. The van der Waals surface area contributed by atoms with Gasteiger partial charge in [-0.15, -0.1) is 0 Å². The van der Waals surface area contributed by atoms with Gasteiger partial charge in [-0.2, -0.15) is 0 Å². The van der Waals surface area contributed by atoms with Crippen LogP contribution in [-0.2, 0) is 11.3 Å². The fourth-order valence-electron chi connectivity index (χ4n) is 3.13. The predicted octanol–water partition coefficient (Wildman–Crippen LogP) is 2.26. The quantitative estimate of drug-likeness (QED) is 0.703. The average Bonchev–Trinajstić information content (AvgIpc) is 2.84. The van der Waals surface area contributed by atoms with Crippen LogP contribution >= 0.6 is 0 Å². The number of carbonyl (C=O) groups excluding carboxylic acids is 1. The summed E-state index contributed by atoms with van der Waals surface area (Å²) in [6.45, 7) is 4.82. The van der Waals surface area contributed by atoms with Crippen LogP contribution in [-0.4, -0.2) is 55.2 Å². The van der Waals surface area contributed by atoms with Crippen molar-refractivity contribution < 1.29 is 19.0 Å². The summed E-state index contributed by atoms with van der Waals surface area (Å²) in [4.78, 5) is 18.4. The van der Waals surface area contributed by atoms with Crippen LogP contribution in [0.4, 0.5) is 0 Å². The number of aromatic nitrogens is 1. The summed E-state index contributed by atoms with van der Waals surface area (Å²) in [6.07, 6.45) is 4.11. The first-order chi connectivity index (χ1) is 13.6. The fraction of sp³-hybridized carbons (Fsp3) is 0.429. The molecule has 2 heterocycles. The number of carbonyl (C=O) groups is 1. The van der Waals surface area contributed by atoms with Gasteiger partial charge in [-0.1, -0.05) is 6.07 Å². The summed E-state index contributed by atoms with van der Waals surface area (Å²) in [6, 6.07) is 9.50. The Morgan fingerprint density at radius 1 is 1.36 bits per heavy atom. The van der Waals surface area contributed by atoms with Crippen LogP contribution in [0, 0.1) is 0 Å². The third kappa shape index (κ3) is 5.85. The first-order valence-electron chi connectivity index (χ1n) is 9.49. The van der Waals surface area contributed by atoms with Crippen molar-refractivity contribution in [1.29, 1.82) is 0 Å². The van der Waals surface area contributed by atoms with Gasteiger partial charge in [0.05, 0.1) is 26.5 Å². The maximum absolute atomic E-state index is 12.3. The van der Waals surface area contributed by atoms with Crippen LogP contribution in [0.1, 0.15) is 18.9 Å². The van der Waals surface area contributed by atoms with Crippen LogP contribution in [0.25, 0.3) is 0 Å². The molecule has 0 spiro atoms. The zero-order valence-electron chi connectivity index (χ0n) is 16.4. The lowest BCUT2D eigenvalue weighted by Crippen LogP contribution is -2.40. The number of methoxy groups -OCH3 is 1. The molecule has 1 aliphatic heterocycles. The van der Waals surface area contributed by atoms with Crippen molar-refractivity contribution in [3.63, 3.8) is 0 Å². The third-order valence-corrected chi connectivity index (χ3v) is 4.43. The standard InChI is InChI=1S/C21H27N3O4/c1-16-13-24(14-17-6-7-18(26-2)11-20(17)28-16)15-21(25)23-9-4-10-27-19-5-3-8-22-12-19/h3,5-8,11-12,16H,4,9-10,13-15H2,1-2H3,(H,23,25). The van der Waals surface area contributed by atoms with E-state index in [1.54, 1.807) is 19.5 Å². The highest BCUT2D eigenvalue weighted by Gasteiger charge is 2.22. The molecule has 1 atom stereocenters. The van der Waals surface area contributed by atoms with Gasteiger partial charge in [0.25, 0.3) is 0 Å². The van der Waals surface area contributed by atoms with E-state index in [2.05, 4.69) is 15.2 Å². The molecular weight excluding hydrogens is 358 g/mol. The second kappa shape index (κ2) is 9.94. The number of rotatable bonds is 8. The van der Waals surface area contributed by atoms with Crippen LogP contribution in [0.2, 0.25) is 0 Å². The number of fused-ring (bicyclic) bond motifs is 1. The molecule has 0 radical (unpaired) electrons. The zero-order valence-corrected chi connectivity index (χ0v) is 16.4. The number of amides is 1. The van der Waals surface area contributed by atoms with Crippen molar-refractivity contribution >= 4 is 5.91 Å². The van der Waals surface area contributed by atoms with Crippen molar-refractivity contribution in [2.24, 2.45) is 0 Å². The van der Waals surface area contributed by atoms with E-state index >= 15 is 0 Å². The Hall–Kier alpha value is -2.80. The molecule has 1 unspecified atom stereocenters. The number of hydrogen-bond donors (Lipinski definition) is 1. The molecule has 1 aromatic heterocycles. The van der Waals surface area contributed by atoms with Crippen molar-refractivity contribution in [3.8, 4) is 17.2 Å². The summed E-state index contributed by atoms with van der Waals surface area (Å²) in [7, 11) is 1.64. The first kappa shape index (κ1) is 19.9. The molecule has 7 nitrogen and oxygen atoms in total. The molecule has 1 aromatic carbocycles. The van der Waals surface area contributed by atoms with Crippen LogP contribution < -0.4 is 19.5 Å². The van der Waals surface area contributed by atoms with Crippen molar-refractivity contribution in [1.82, 2.24) is 15.2 Å². The first-order valence-corrected chi connectivity index (χ1v) is 9.49. The Morgan fingerprint density at radius 2 is 2.25 bits per heavy atom. The maximum atomic E-state index is 12.3. The van der Waals surface area contributed by atoms with Gasteiger partial charge in [0.1, 0.15) is 23.4 Å². The fourth-order valence-corrected chi connectivity index (χ4v) is 3.13. The van der Waals surface area contributed by atoms with E-state index in [9.17, 15) is 4.79 Å². The average molecular weight is 385 g/mol. The SMILES string of the molecule is COc1ccc2c(c1)OC(C)CN(CC(=O)NCCCOc1cccnc1)C2. The van der Waals surface area contributed by atoms with Gasteiger partial charge in [0, 0.05) is 37.5 Å². The highest BCUT2D eigenvalue weighted by Crippen LogP contribution is 2.29. The zero-order chi connectivity index (χ0) is 19.8. The molecule has 2 aromatic rings. The maximum Gasteiger partial charge on any atom is 0.234 e. The van der Waals surface area contributed by atoms with Gasteiger partial charge in [-0.05, 0) is 31.5 Å². The smallest absolute Gasteiger partial charge is 0.234 e. The van der Waals surface area contributed by atoms with Gasteiger partial charge in [-0.25, -0.2) is 0 Å². The van der Waals surface area contributed by atoms with Crippen LogP contribution in [0.15, 0.2) is 42.7 Å². The van der Waals surface area contributed by atoms with Gasteiger partial charge in [0.15, 0.2) is 0 Å². The van der Waals surface area contributed by atoms with E-state index in [0.717, 1.165) is 29.2 Å². The third-order valence-electron chi connectivity index (χ3n) is 4.43. The molecule has 150 valence electrons. The molecule has 28 heavy (non-hydrogen) atoms. The largest absolute Gasteiger partial charge is 0.497 e. The molecule has 0 aliphatic carbocycles. The van der Waals surface area contributed by atoms with E-state index in [-0.39, 0.29) is 12.0 Å².